The summed E-state index contributed by atoms with van der Waals surface area (Å²) < 4.78 is 1.57. The van der Waals surface area contributed by atoms with E-state index in [0.29, 0.717) is 0 Å². The lowest BCUT2D eigenvalue weighted by atomic mass is 9.89. The highest BCUT2D eigenvalue weighted by Crippen LogP contribution is 2.25. The van der Waals surface area contributed by atoms with Gasteiger partial charge in [0.05, 0.1) is 5.69 Å². The van der Waals surface area contributed by atoms with Gasteiger partial charge in [-0.15, -0.1) is 0 Å². The predicted molar refractivity (Wildman–Crippen MR) is 63.4 cm³/mol. The van der Waals surface area contributed by atoms with Crippen molar-refractivity contribution in [2.24, 2.45) is 5.92 Å². The van der Waals surface area contributed by atoms with E-state index in [1.54, 1.807) is 4.68 Å². The van der Waals surface area contributed by atoms with Gasteiger partial charge in [-0.05, 0) is 46.1 Å². The summed E-state index contributed by atoms with van der Waals surface area (Å²) in [6, 6.07) is 1.95. The monoisotopic (exact) mass is 218 g/mol. The molecule has 1 aliphatic rings. The van der Waals surface area contributed by atoms with Crippen molar-refractivity contribution < 1.29 is 4.79 Å². The van der Waals surface area contributed by atoms with Gasteiger partial charge in [0.25, 0.3) is 5.91 Å². The molecule has 1 heterocycles. The van der Waals surface area contributed by atoms with Gasteiger partial charge in [0, 0.05) is 11.6 Å². The van der Waals surface area contributed by atoms with E-state index >= 15 is 0 Å². The van der Waals surface area contributed by atoms with Crippen LogP contribution >= 0.6 is 0 Å². The lowest BCUT2D eigenvalue weighted by Gasteiger charge is -2.19. The van der Waals surface area contributed by atoms with Gasteiger partial charge in [-0.1, -0.05) is 11.6 Å². The molecule has 1 aliphatic carbocycles. The topological polar surface area (TPSA) is 34.9 Å². The molecule has 2 rings (SSSR count). The van der Waals surface area contributed by atoms with Crippen LogP contribution in [0.4, 0.5) is 0 Å². The van der Waals surface area contributed by atoms with Crippen LogP contribution in [0.3, 0.4) is 0 Å². The first-order valence-corrected chi connectivity index (χ1v) is 5.81. The Hall–Kier alpha value is -1.38. The minimum atomic E-state index is 0.114. The lowest BCUT2D eigenvalue weighted by Crippen LogP contribution is -2.25. The summed E-state index contributed by atoms with van der Waals surface area (Å²) in [6.07, 6.45) is 5.08. The number of carbonyl (C=O) groups excluding carboxylic acids is 1. The largest absolute Gasteiger partial charge is 0.272 e. The Kier molecular flexibility index (Phi) is 2.95. The van der Waals surface area contributed by atoms with Crippen molar-refractivity contribution in [1.82, 2.24) is 9.78 Å². The molecule has 1 aromatic rings. The van der Waals surface area contributed by atoms with Crippen molar-refractivity contribution in [1.29, 1.82) is 0 Å². The molecule has 3 heteroatoms. The fourth-order valence-electron chi connectivity index (χ4n) is 2.34. The molecule has 0 bridgehead atoms. The van der Waals surface area contributed by atoms with Crippen LogP contribution in [-0.4, -0.2) is 15.7 Å². The molecule has 0 N–H and O–H groups in total. The Bertz CT molecular complexity index is 443. The summed E-state index contributed by atoms with van der Waals surface area (Å²) in [6.45, 7) is 5.95. The van der Waals surface area contributed by atoms with E-state index in [1.807, 2.05) is 19.9 Å². The number of allylic oxidation sites excluding steroid dienone is 2. The number of hydrogen-bond donors (Lipinski definition) is 0. The summed E-state index contributed by atoms with van der Waals surface area (Å²) in [7, 11) is 0. The van der Waals surface area contributed by atoms with Crippen molar-refractivity contribution in [3.8, 4) is 0 Å². The molecule has 0 amide bonds. The van der Waals surface area contributed by atoms with E-state index in [9.17, 15) is 4.79 Å². The summed E-state index contributed by atoms with van der Waals surface area (Å²) in [5, 5.41) is 4.26. The maximum Gasteiger partial charge on any atom is 0.250 e. The third-order valence-corrected chi connectivity index (χ3v) is 3.14. The minimum Gasteiger partial charge on any atom is -0.272 e. The molecule has 0 saturated carbocycles. The third kappa shape index (κ3) is 2.08. The highest BCUT2D eigenvalue weighted by molar-refractivity contribution is 5.81. The molecule has 0 radical (unpaired) electrons. The van der Waals surface area contributed by atoms with Crippen LogP contribution < -0.4 is 0 Å². The first-order chi connectivity index (χ1) is 7.58. The fourth-order valence-corrected chi connectivity index (χ4v) is 2.34. The van der Waals surface area contributed by atoms with E-state index in [4.69, 9.17) is 0 Å². The molecule has 3 nitrogen and oxygen atoms in total. The van der Waals surface area contributed by atoms with E-state index < -0.39 is 0 Å². The van der Waals surface area contributed by atoms with Crippen molar-refractivity contribution in [2.75, 3.05) is 0 Å². The first-order valence-electron chi connectivity index (χ1n) is 5.81. The summed E-state index contributed by atoms with van der Waals surface area (Å²) in [4.78, 5) is 12.3. The molecule has 0 aliphatic heterocycles. The maximum atomic E-state index is 12.3. The molecular weight excluding hydrogens is 200 g/mol. The van der Waals surface area contributed by atoms with Crippen molar-refractivity contribution >= 4 is 5.91 Å². The summed E-state index contributed by atoms with van der Waals surface area (Å²) in [5.74, 6) is 0.265. The van der Waals surface area contributed by atoms with Gasteiger partial charge in [-0.25, -0.2) is 4.68 Å². The van der Waals surface area contributed by atoms with Gasteiger partial charge >= 0.3 is 0 Å². The van der Waals surface area contributed by atoms with E-state index in [0.717, 1.165) is 30.7 Å². The van der Waals surface area contributed by atoms with Gasteiger partial charge in [0.2, 0.25) is 0 Å². The zero-order chi connectivity index (χ0) is 11.7. The molecule has 0 saturated heterocycles. The molecular formula is C13H18N2O. The standard InChI is InChI=1S/C13H18N2O/c1-9-5-4-6-12(7-9)13(16)15-11(3)8-10(2)14-15/h5,8,12H,4,6-7H2,1-3H3. The first kappa shape index (κ1) is 11.1. The van der Waals surface area contributed by atoms with Gasteiger partial charge < -0.3 is 0 Å². The molecule has 0 fully saturated rings. The van der Waals surface area contributed by atoms with Gasteiger partial charge in [0.15, 0.2) is 0 Å². The molecule has 1 unspecified atom stereocenters. The van der Waals surface area contributed by atoms with E-state index in [1.165, 1.54) is 5.57 Å². The van der Waals surface area contributed by atoms with E-state index in [-0.39, 0.29) is 11.8 Å². The minimum absolute atomic E-state index is 0.114. The Morgan fingerprint density at radius 1 is 1.44 bits per heavy atom. The van der Waals surface area contributed by atoms with E-state index in [2.05, 4.69) is 18.1 Å². The second-order valence-corrected chi connectivity index (χ2v) is 4.71. The summed E-state index contributed by atoms with van der Waals surface area (Å²) >= 11 is 0. The smallest absolute Gasteiger partial charge is 0.250 e. The molecule has 0 aromatic carbocycles. The number of aromatic nitrogens is 2. The van der Waals surface area contributed by atoms with Crippen LogP contribution in [0.2, 0.25) is 0 Å². The highest BCUT2D eigenvalue weighted by atomic mass is 16.2. The molecule has 86 valence electrons. The molecule has 1 aromatic heterocycles. The molecule has 0 spiro atoms. The molecule has 16 heavy (non-hydrogen) atoms. The van der Waals surface area contributed by atoms with Gasteiger partial charge in [-0.3, -0.25) is 4.79 Å². The van der Waals surface area contributed by atoms with Crippen LogP contribution in [0.5, 0.6) is 0 Å². The zero-order valence-corrected chi connectivity index (χ0v) is 10.2. The maximum absolute atomic E-state index is 12.3. The quantitative estimate of drug-likeness (QED) is 0.679. The van der Waals surface area contributed by atoms with Crippen molar-refractivity contribution in [3.05, 3.63) is 29.1 Å². The summed E-state index contributed by atoms with van der Waals surface area (Å²) in [5.41, 5.74) is 3.18. The Balaban J connectivity index is 2.19. The SMILES string of the molecule is CC1=CCCC(C(=O)n2nc(C)cc2C)C1. The van der Waals surface area contributed by atoms with Crippen LogP contribution in [0.25, 0.3) is 0 Å². The average molecular weight is 218 g/mol. The Morgan fingerprint density at radius 2 is 2.19 bits per heavy atom. The third-order valence-electron chi connectivity index (χ3n) is 3.14. The van der Waals surface area contributed by atoms with Crippen LogP contribution in [0, 0.1) is 19.8 Å². The number of nitrogens with zero attached hydrogens (tertiary/aromatic N) is 2. The predicted octanol–water partition coefficient (Wildman–Crippen LogP) is 2.89. The molecule has 1 atom stereocenters. The van der Waals surface area contributed by atoms with Crippen molar-refractivity contribution in [2.45, 2.75) is 40.0 Å². The van der Waals surface area contributed by atoms with Gasteiger partial charge in [0.1, 0.15) is 0 Å². The highest BCUT2D eigenvalue weighted by Gasteiger charge is 2.24. The van der Waals surface area contributed by atoms with Gasteiger partial charge in [-0.2, -0.15) is 5.10 Å². The Labute approximate surface area is 96.2 Å². The normalized spacial score (nSPS) is 20.7. The van der Waals surface area contributed by atoms with Crippen molar-refractivity contribution in [3.63, 3.8) is 0 Å². The van der Waals surface area contributed by atoms with Crippen LogP contribution in [0.1, 0.15) is 42.4 Å². The lowest BCUT2D eigenvalue weighted by molar-refractivity contribution is 0.0803. The average Bonchev–Trinajstić information content (AvgIpc) is 2.57. The zero-order valence-electron chi connectivity index (χ0n) is 10.2. The Morgan fingerprint density at radius 3 is 2.75 bits per heavy atom. The second-order valence-electron chi connectivity index (χ2n) is 4.71. The number of rotatable bonds is 1. The van der Waals surface area contributed by atoms with Crippen LogP contribution in [-0.2, 0) is 0 Å². The second kappa shape index (κ2) is 4.24. The number of hydrogen-bond acceptors (Lipinski definition) is 2. The number of aryl methyl sites for hydroxylation is 2. The number of carbonyl (C=O) groups is 1. The van der Waals surface area contributed by atoms with Crippen LogP contribution in [0.15, 0.2) is 17.7 Å². The fraction of sp³-hybridized carbons (Fsp3) is 0.538.